The topological polar surface area (TPSA) is 33.0 Å². The maximum Gasteiger partial charge on any atom is 0.127 e. The van der Waals surface area contributed by atoms with E-state index in [9.17, 15) is 0 Å². The van der Waals surface area contributed by atoms with Gasteiger partial charge in [-0.05, 0) is 19.1 Å². The largest absolute Gasteiger partial charge is 0.483 e. The fourth-order valence-corrected chi connectivity index (χ4v) is 1.70. The van der Waals surface area contributed by atoms with Gasteiger partial charge in [0.05, 0.1) is 6.07 Å². The summed E-state index contributed by atoms with van der Waals surface area (Å²) >= 11 is 0. The van der Waals surface area contributed by atoms with Gasteiger partial charge in [-0.25, -0.2) is 0 Å². The van der Waals surface area contributed by atoms with Crippen molar-refractivity contribution < 1.29 is 4.74 Å². The number of hydrogen-bond acceptors (Lipinski definition) is 2. The van der Waals surface area contributed by atoms with Gasteiger partial charge in [-0.1, -0.05) is 24.3 Å². The van der Waals surface area contributed by atoms with Crippen molar-refractivity contribution in [3.63, 3.8) is 0 Å². The molecule has 2 nitrogen and oxygen atoms in total. The summed E-state index contributed by atoms with van der Waals surface area (Å²) in [6.07, 6.45) is 5.35. The Hall–Kier alpha value is -1.75. The molecule has 0 spiro atoms. The molecule has 0 saturated heterocycles. The summed E-state index contributed by atoms with van der Waals surface area (Å²) in [5, 5.41) is 8.58. The Bertz CT molecular complexity index is 430. The van der Waals surface area contributed by atoms with Crippen LogP contribution in [0.25, 0.3) is 6.08 Å². The van der Waals surface area contributed by atoms with Crippen molar-refractivity contribution in [1.82, 2.24) is 0 Å². The molecule has 0 saturated carbocycles. The van der Waals surface area contributed by atoms with Gasteiger partial charge in [0.1, 0.15) is 11.4 Å². The minimum absolute atomic E-state index is 0.329. The molecule has 0 aromatic heterocycles. The van der Waals surface area contributed by atoms with Gasteiger partial charge >= 0.3 is 0 Å². The molecular formula is C13H13NO. The lowest BCUT2D eigenvalue weighted by Gasteiger charge is -2.30. The highest BCUT2D eigenvalue weighted by atomic mass is 16.5. The molecule has 1 atom stereocenters. The molecular weight excluding hydrogens is 186 g/mol. The van der Waals surface area contributed by atoms with Crippen molar-refractivity contribution in [3.05, 3.63) is 35.9 Å². The fourth-order valence-electron chi connectivity index (χ4n) is 1.70. The van der Waals surface area contributed by atoms with E-state index in [0.29, 0.717) is 6.42 Å². The molecule has 76 valence electrons. The first-order valence-electron chi connectivity index (χ1n) is 5.08. The number of nitriles is 1. The first-order chi connectivity index (χ1) is 7.23. The van der Waals surface area contributed by atoms with Gasteiger partial charge in [0.15, 0.2) is 0 Å². The van der Waals surface area contributed by atoms with E-state index in [1.165, 1.54) is 0 Å². The molecule has 0 bridgehead atoms. The van der Waals surface area contributed by atoms with Crippen molar-refractivity contribution in [2.45, 2.75) is 25.4 Å². The first-order valence-corrected chi connectivity index (χ1v) is 5.08. The fraction of sp³-hybridized carbons (Fsp3) is 0.308. The summed E-state index contributed by atoms with van der Waals surface area (Å²) < 4.78 is 5.88. The van der Waals surface area contributed by atoms with Crippen molar-refractivity contribution in [3.8, 4) is 11.8 Å². The molecule has 1 aromatic rings. The SMILES string of the molecule is CC1(CCC#N)C=Cc2ccccc2O1. The van der Waals surface area contributed by atoms with E-state index in [0.717, 1.165) is 17.7 Å². The predicted octanol–water partition coefficient (Wildman–Crippen LogP) is 3.15. The van der Waals surface area contributed by atoms with Crippen LogP contribution in [0, 0.1) is 11.3 Å². The van der Waals surface area contributed by atoms with Gasteiger partial charge in [0.25, 0.3) is 0 Å². The lowest BCUT2D eigenvalue weighted by Crippen LogP contribution is -2.31. The van der Waals surface area contributed by atoms with Crippen LogP contribution >= 0.6 is 0 Å². The molecule has 1 aromatic carbocycles. The molecule has 15 heavy (non-hydrogen) atoms. The Labute approximate surface area is 89.8 Å². The Balaban J connectivity index is 2.22. The van der Waals surface area contributed by atoms with Gasteiger partial charge in [-0.15, -0.1) is 0 Å². The molecule has 2 rings (SSSR count). The molecule has 0 aliphatic carbocycles. The highest BCUT2D eigenvalue weighted by Crippen LogP contribution is 2.32. The van der Waals surface area contributed by atoms with Crippen molar-refractivity contribution in [1.29, 1.82) is 5.26 Å². The second-order valence-corrected chi connectivity index (χ2v) is 3.94. The monoisotopic (exact) mass is 199 g/mol. The first kappa shape index (κ1) is 9.79. The number of rotatable bonds is 2. The van der Waals surface area contributed by atoms with Crippen LogP contribution in [0.15, 0.2) is 30.3 Å². The number of hydrogen-bond donors (Lipinski definition) is 0. The van der Waals surface area contributed by atoms with Gasteiger partial charge in [0.2, 0.25) is 0 Å². The lowest BCUT2D eigenvalue weighted by atomic mass is 9.95. The maximum absolute atomic E-state index is 8.58. The average molecular weight is 199 g/mol. The summed E-state index contributed by atoms with van der Waals surface area (Å²) in [5.74, 6) is 0.903. The number of ether oxygens (including phenoxy) is 1. The van der Waals surface area contributed by atoms with Crippen LogP contribution in [-0.2, 0) is 0 Å². The molecule has 0 radical (unpaired) electrons. The molecule has 0 amide bonds. The Morgan fingerprint density at radius 3 is 3.00 bits per heavy atom. The minimum atomic E-state index is -0.329. The quantitative estimate of drug-likeness (QED) is 0.733. The highest BCUT2D eigenvalue weighted by molar-refractivity contribution is 5.60. The maximum atomic E-state index is 8.58. The number of fused-ring (bicyclic) bond motifs is 1. The van der Waals surface area contributed by atoms with Crippen LogP contribution in [-0.4, -0.2) is 5.60 Å². The molecule has 1 heterocycles. The van der Waals surface area contributed by atoms with E-state index in [1.807, 2.05) is 37.3 Å². The van der Waals surface area contributed by atoms with Crippen molar-refractivity contribution in [2.24, 2.45) is 0 Å². The van der Waals surface area contributed by atoms with Crippen LogP contribution in [0.5, 0.6) is 5.75 Å². The second kappa shape index (κ2) is 3.78. The normalized spacial score (nSPS) is 22.7. The Morgan fingerprint density at radius 2 is 2.20 bits per heavy atom. The summed E-state index contributed by atoms with van der Waals surface area (Å²) in [6, 6.07) is 10.1. The molecule has 2 heteroatoms. The number of nitrogens with zero attached hydrogens (tertiary/aromatic N) is 1. The van der Waals surface area contributed by atoms with Crippen LogP contribution < -0.4 is 4.74 Å². The average Bonchev–Trinajstić information content (AvgIpc) is 2.26. The Kier molecular flexibility index (Phi) is 2.47. The third kappa shape index (κ3) is 2.02. The summed E-state index contributed by atoms with van der Waals surface area (Å²) in [5.41, 5.74) is 0.774. The van der Waals surface area contributed by atoms with Gasteiger partial charge in [-0.3, -0.25) is 0 Å². The minimum Gasteiger partial charge on any atom is -0.483 e. The zero-order valence-electron chi connectivity index (χ0n) is 8.73. The predicted molar refractivity (Wildman–Crippen MR) is 59.4 cm³/mol. The summed E-state index contributed by atoms with van der Waals surface area (Å²) in [6.45, 7) is 2.01. The third-order valence-electron chi connectivity index (χ3n) is 2.61. The van der Waals surface area contributed by atoms with Crippen LogP contribution in [0.3, 0.4) is 0 Å². The summed E-state index contributed by atoms with van der Waals surface area (Å²) in [7, 11) is 0. The van der Waals surface area contributed by atoms with Gasteiger partial charge in [0, 0.05) is 18.4 Å². The molecule has 1 aliphatic rings. The van der Waals surface area contributed by atoms with E-state index in [4.69, 9.17) is 10.00 Å². The van der Waals surface area contributed by atoms with Gasteiger partial charge < -0.3 is 4.74 Å². The van der Waals surface area contributed by atoms with E-state index >= 15 is 0 Å². The van der Waals surface area contributed by atoms with E-state index in [2.05, 4.69) is 12.1 Å². The van der Waals surface area contributed by atoms with E-state index < -0.39 is 0 Å². The van der Waals surface area contributed by atoms with Crippen LogP contribution in [0.1, 0.15) is 25.3 Å². The molecule has 1 aliphatic heterocycles. The number of benzene rings is 1. The lowest BCUT2D eigenvalue weighted by molar-refractivity contribution is 0.129. The smallest absolute Gasteiger partial charge is 0.127 e. The van der Waals surface area contributed by atoms with E-state index in [1.54, 1.807) is 0 Å². The summed E-state index contributed by atoms with van der Waals surface area (Å²) in [4.78, 5) is 0. The Morgan fingerprint density at radius 1 is 1.40 bits per heavy atom. The molecule has 1 unspecified atom stereocenters. The zero-order valence-corrected chi connectivity index (χ0v) is 8.73. The second-order valence-electron chi connectivity index (χ2n) is 3.94. The van der Waals surface area contributed by atoms with Crippen LogP contribution in [0.4, 0.5) is 0 Å². The third-order valence-corrected chi connectivity index (χ3v) is 2.61. The van der Waals surface area contributed by atoms with Gasteiger partial charge in [-0.2, -0.15) is 5.26 Å². The van der Waals surface area contributed by atoms with Crippen molar-refractivity contribution >= 4 is 6.08 Å². The standard InChI is InChI=1S/C13H13NO/c1-13(8-4-10-14)9-7-11-5-2-3-6-12(11)15-13/h2-3,5-7,9H,4,8H2,1H3. The zero-order chi connectivity index (χ0) is 10.7. The van der Waals surface area contributed by atoms with Crippen molar-refractivity contribution in [2.75, 3.05) is 0 Å². The highest BCUT2D eigenvalue weighted by Gasteiger charge is 2.26. The molecule has 0 N–H and O–H groups in total. The van der Waals surface area contributed by atoms with Crippen LogP contribution in [0.2, 0.25) is 0 Å². The number of para-hydroxylation sites is 1. The van der Waals surface area contributed by atoms with E-state index in [-0.39, 0.29) is 5.60 Å². The molecule has 0 fully saturated rings.